The van der Waals surface area contributed by atoms with Crippen LogP contribution in [0.5, 0.6) is 5.75 Å². The predicted octanol–water partition coefficient (Wildman–Crippen LogP) is 4.28. The molecule has 0 atom stereocenters. The van der Waals surface area contributed by atoms with Crippen molar-refractivity contribution in [2.45, 2.75) is 19.3 Å². The number of benzene rings is 2. The molecule has 1 saturated heterocycles. The lowest BCUT2D eigenvalue weighted by Crippen LogP contribution is -2.37. The first-order chi connectivity index (χ1) is 17.0. The lowest BCUT2D eigenvalue weighted by molar-refractivity contribution is -0.131. The highest BCUT2D eigenvalue weighted by molar-refractivity contribution is 5.99. The number of hydrogen-bond donors (Lipinski definition) is 1. The van der Waals surface area contributed by atoms with Gasteiger partial charge in [0, 0.05) is 44.5 Å². The van der Waals surface area contributed by atoms with E-state index in [1.165, 1.54) is 12.1 Å². The number of methoxy groups -OCH3 is 1. The van der Waals surface area contributed by atoms with E-state index in [1.54, 1.807) is 42.5 Å². The second-order valence-electron chi connectivity index (χ2n) is 8.41. The third kappa shape index (κ3) is 6.35. The number of amides is 2. The molecule has 182 valence electrons. The molecule has 4 rings (SSSR count). The van der Waals surface area contributed by atoms with E-state index in [2.05, 4.69) is 10.3 Å². The van der Waals surface area contributed by atoms with Gasteiger partial charge in [0.05, 0.1) is 12.7 Å². The van der Waals surface area contributed by atoms with Gasteiger partial charge in [-0.3, -0.25) is 9.59 Å². The number of ether oxygens (including phenoxy) is 1. The smallest absolute Gasteiger partial charge is 0.257 e. The van der Waals surface area contributed by atoms with Crippen molar-refractivity contribution < 1.29 is 18.7 Å². The molecule has 1 aliphatic heterocycles. The molecule has 0 unspecified atom stereocenters. The Morgan fingerprint density at radius 2 is 1.77 bits per heavy atom. The molecule has 1 aliphatic rings. The van der Waals surface area contributed by atoms with Crippen molar-refractivity contribution in [1.82, 2.24) is 14.8 Å². The summed E-state index contributed by atoms with van der Waals surface area (Å²) in [4.78, 5) is 34.0. The first-order valence-corrected chi connectivity index (χ1v) is 11.7. The van der Waals surface area contributed by atoms with Gasteiger partial charge in [0.15, 0.2) is 0 Å². The number of hydrogen-bond acceptors (Lipinski definition) is 5. The number of pyridine rings is 1. The Morgan fingerprint density at radius 3 is 2.54 bits per heavy atom. The zero-order valence-electron chi connectivity index (χ0n) is 19.7. The van der Waals surface area contributed by atoms with Crippen molar-refractivity contribution in [3.05, 3.63) is 83.8 Å². The summed E-state index contributed by atoms with van der Waals surface area (Å²) in [5.74, 6) is 0.720. The minimum absolute atomic E-state index is 0.0879. The van der Waals surface area contributed by atoms with Crippen LogP contribution in [-0.2, 0) is 11.2 Å². The molecule has 8 heteroatoms. The lowest BCUT2D eigenvalue weighted by Gasteiger charge is -2.23. The standard InChI is InChI=1S/C27H29FN4O3/c1-35-23-11-8-20(9-12-23)10-13-25(33)31-15-4-16-32(18-17-31)27(34)24-7-3-14-29-26(24)30-22-6-2-5-21(28)19-22/h2-3,5-9,11-12,14,19H,4,10,13,15-18H2,1H3,(H,29,30). The highest BCUT2D eigenvalue weighted by Gasteiger charge is 2.24. The van der Waals surface area contributed by atoms with Crippen LogP contribution < -0.4 is 10.1 Å². The maximum absolute atomic E-state index is 13.6. The van der Waals surface area contributed by atoms with E-state index >= 15 is 0 Å². The van der Waals surface area contributed by atoms with Crippen molar-refractivity contribution in [3.63, 3.8) is 0 Å². The maximum Gasteiger partial charge on any atom is 0.257 e. The summed E-state index contributed by atoms with van der Waals surface area (Å²) in [6.45, 7) is 2.10. The summed E-state index contributed by atoms with van der Waals surface area (Å²) < 4.78 is 18.8. The molecule has 7 nitrogen and oxygen atoms in total. The van der Waals surface area contributed by atoms with Gasteiger partial charge in [0.25, 0.3) is 5.91 Å². The van der Waals surface area contributed by atoms with Gasteiger partial charge < -0.3 is 19.9 Å². The first-order valence-electron chi connectivity index (χ1n) is 11.7. The molecule has 0 spiro atoms. The van der Waals surface area contributed by atoms with Gasteiger partial charge in [-0.2, -0.15) is 0 Å². The molecule has 1 fully saturated rings. The van der Waals surface area contributed by atoms with E-state index in [0.717, 1.165) is 11.3 Å². The molecule has 0 bridgehead atoms. The van der Waals surface area contributed by atoms with Gasteiger partial charge in [0.1, 0.15) is 17.4 Å². The van der Waals surface area contributed by atoms with E-state index in [9.17, 15) is 14.0 Å². The van der Waals surface area contributed by atoms with Crippen LogP contribution in [0.2, 0.25) is 0 Å². The van der Waals surface area contributed by atoms with E-state index in [0.29, 0.717) is 62.5 Å². The molecule has 2 amide bonds. The van der Waals surface area contributed by atoms with E-state index in [-0.39, 0.29) is 17.6 Å². The Kier molecular flexibility index (Phi) is 7.92. The fourth-order valence-electron chi connectivity index (χ4n) is 4.12. The summed E-state index contributed by atoms with van der Waals surface area (Å²) in [6.07, 6.45) is 3.37. The summed E-state index contributed by atoms with van der Waals surface area (Å²) in [5.41, 5.74) is 2.01. The van der Waals surface area contributed by atoms with Gasteiger partial charge in [-0.1, -0.05) is 18.2 Å². The van der Waals surface area contributed by atoms with Gasteiger partial charge in [-0.15, -0.1) is 0 Å². The molecular weight excluding hydrogens is 447 g/mol. The summed E-state index contributed by atoms with van der Waals surface area (Å²) in [5, 5.41) is 3.04. The lowest BCUT2D eigenvalue weighted by atomic mass is 10.1. The molecule has 0 aliphatic carbocycles. The largest absolute Gasteiger partial charge is 0.497 e. The Morgan fingerprint density at radius 1 is 1.00 bits per heavy atom. The average Bonchev–Trinajstić information content (AvgIpc) is 3.14. The Labute approximate surface area is 204 Å². The minimum Gasteiger partial charge on any atom is -0.497 e. The Balaban J connectivity index is 1.35. The van der Waals surface area contributed by atoms with Gasteiger partial charge in [0.2, 0.25) is 5.91 Å². The van der Waals surface area contributed by atoms with Gasteiger partial charge in [-0.05, 0) is 60.9 Å². The summed E-state index contributed by atoms with van der Waals surface area (Å²) in [7, 11) is 1.63. The maximum atomic E-state index is 13.6. The predicted molar refractivity (Wildman–Crippen MR) is 132 cm³/mol. The highest BCUT2D eigenvalue weighted by Crippen LogP contribution is 2.21. The number of nitrogens with zero attached hydrogens (tertiary/aromatic N) is 3. The van der Waals surface area contributed by atoms with Crippen LogP contribution in [-0.4, -0.2) is 59.9 Å². The Hall–Kier alpha value is -3.94. The summed E-state index contributed by atoms with van der Waals surface area (Å²) >= 11 is 0. The van der Waals surface area contributed by atoms with Crippen molar-refractivity contribution in [3.8, 4) is 5.75 Å². The van der Waals surface area contributed by atoms with Crippen LogP contribution in [0.3, 0.4) is 0 Å². The first kappa shape index (κ1) is 24.2. The number of carbonyl (C=O) groups is 2. The van der Waals surface area contributed by atoms with Crippen LogP contribution in [0.4, 0.5) is 15.9 Å². The molecule has 1 N–H and O–H groups in total. The third-order valence-electron chi connectivity index (χ3n) is 6.05. The summed E-state index contributed by atoms with van der Waals surface area (Å²) in [6, 6.07) is 17.2. The Bertz CT molecular complexity index is 1170. The minimum atomic E-state index is -0.372. The third-order valence-corrected chi connectivity index (χ3v) is 6.05. The fraction of sp³-hybridized carbons (Fsp3) is 0.296. The van der Waals surface area contributed by atoms with E-state index in [4.69, 9.17) is 4.74 Å². The van der Waals surface area contributed by atoms with Gasteiger partial charge in [-0.25, -0.2) is 9.37 Å². The second kappa shape index (κ2) is 11.5. The van der Waals surface area contributed by atoms with Crippen LogP contribution in [0.25, 0.3) is 0 Å². The number of rotatable bonds is 7. The molecule has 2 heterocycles. The number of aromatic nitrogens is 1. The normalized spacial score (nSPS) is 13.8. The molecule has 0 radical (unpaired) electrons. The van der Waals surface area contributed by atoms with Crippen LogP contribution >= 0.6 is 0 Å². The zero-order valence-corrected chi connectivity index (χ0v) is 19.7. The van der Waals surface area contributed by atoms with E-state index in [1.807, 2.05) is 29.2 Å². The fourth-order valence-corrected chi connectivity index (χ4v) is 4.12. The SMILES string of the molecule is COc1ccc(CCC(=O)N2CCCN(C(=O)c3cccnc3Nc3cccc(F)c3)CC2)cc1. The highest BCUT2D eigenvalue weighted by atomic mass is 19.1. The van der Waals surface area contributed by atoms with E-state index < -0.39 is 0 Å². The molecule has 1 aromatic heterocycles. The molecule has 3 aromatic rings. The quantitative estimate of drug-likeness (QED) is 0.551. The number of nitrogens with one attached hydrogen (secondary N) is 1. The topological polar surface area (TPSA) is 74.8 Å². The van der Waals surface area contributed by atoms with Crippen molar-refractivity contribution in [2.75, 3.05) is 38.6 Å². The van der Waals surface area contributed by atoms with Crippen molar-refractivity contribution >= 4 is 23.3 Å². The molecule has 2 aromatic carbocycles. The number of carbonyl (C=O) groups excluding carboxylic acids is 2. The van der Waals surface area contributed by atoms with Crippen molar-refractivity contribution in [1.29, 1.82) is 0 Å². The second-order valence-corrected chi connectivity index (χ2v) is 8.41. The number of aryl methyl sites for hydroxylation is 1. The molecule has 35 heavy (non-hydrogen) atoms. The van der Waals surface area contributed by atoms with Crippen LogP contribution in [0.15, 0.2) is 66.9 Å². The molecular formula is C27H29FN4O3. The molecule has 0 saturated carbocycles. The monoisotopic (exact) mass is 476 g/mol. The van der Waals surface area contributed by atoms with Crippen LogP contribution in [0.1, 0.15) is 28.8 Å². The van der Waals surface area contributed by atoms with Gasteiger partial charge >= 0.3 is 0 Å². The number of anilines is 2. The van der Waals surface area contributed by atoms with Crippen LogP contribution in [0, 0.1) is 5.82 Å². The average molecular weight is 477 g/mol. The zero-order chi connectivity index (χ0) is 24.6. The van der Waals surface area contributed by atoms with Crippen molar-refractivity contribution in [2.24, 2.45) is 0 Å². The number of halogens is 1.